The zero-order valence-electron chi connectivity index (χ0n) is 16.3. The Hall–Kier alpha value is -3.71. The number of carbonyl (C=O) groups excluding carboxylic acids is 2. The van der Waals surface area contributed by atoms with Crippen molar-refractivity contribution in [3.05, 3.63) is 90.0 Å². The second-order valence-corrected chi connectivity index (χ2v) is 6.84. The Morgan fingerprint density at radius 2 is 1.53 bits per heavy atom. The number of hydrogen-bond acceptors (Lipinski definition) is 4. The fourth-order valence-electron chi connectivity index (χ4n) is 2.73. The molecule has 0 radical (unpaired) electrons. The van der Waals surface area contributed by atoms with Gasteiger partial charge < -0.3 is 15.4 Å². The molecule has 152 valence electrons. The number of anilines is 2. The summed E-state index contributed by atoms with van der Waals surface area (Å²) in [6, 6.07) is 23.4. The van der Waals surface area contributed by atoms with Crippen molar-refractivity contribution in [2.24, 2.45) is 0 Å². The normalized spacial score (nSPS) is 10.0. The molecule has 0 saturated carbocycles. The lowest BCUT2D eigenvalue weighted by Gasteiger charge is -2.11. The number of rotatable bonds is 6. The van der Waals surface area contributed by atoms with Crippen LogP contribution in [0.25, 0.3) is 0 Å². The molecule has 0 unspecified atom stereocenters. The summed E-state index contributed by atoms with van der Waals surface area (Å²) in [4.78, 5) is 24.4. The van der Waals surface area contributed by atoms with Gasteiger partial charge >= 0.3 is 0 Å². The van der Waals surface area contributed by atoms with Crippen LogP contribution in [0.1, 0.15) is 15.9 Å². The summed E-state index contributed by atoms with van der Waals surface area (Å²) in [6.45, 7) is 0. The van der Waals surface area contributed by atoms with E-state index in [-0.39, 0.29) is 16.9 Å². The monoisotopic (exact) mass is 419 g/mol. The quantitative estimate of drug-likeness (QED) is 0.526. The minimum Gasteiger partial charge on any atom is -0.497 e. The van der Waals surface area contributed by atoms with Gasteiger partial charge in [0.25, 0.3) is 5.91 Å². The van der Waals surface area contributed by atoms with Gasteiger partial charge in [-0.3, -0.25) is 14.9 Å². The standard InChI is InChI=1S/C23H21N3O3S/c1-29-20-9-5-8-17(15-20)22(28)26-23(30)25-19-12-10-18(11-13-19)24-21(27)14-16-6-3-2-4-7-16/h2-13,15H,14H2,1H3,(H,24,27)(H2,25,26,28,30). The van der Waals surface area contributed by atoms with E-state index in [9.17, 15) is 9.59 Å². The molecular formula is C23H21N3O3S. The van der Waals surface area contributed by atoms with Crippen LogP contribution in [0.4, 0.5) is 11.4 Å². The number of thiocarbonyl (C=S) groups is 1. The average Bonchev–Trinajstić information content (AvgIpc) is 2.75. The molecule has 0 spiro atoms. The molecule has 3 rings (SSSR count). The Bertz CT molecular complexity index is 1040. The van der Waals surface area contributed by atoms with E-state index in [1.807, 2.05) is 30.3 Å². The van der Waals surface area contributed by atoms with Crippen molar-refractivity contribution >= 4 is 40.5 Å². The van der Waals surface area contributed by atoms with Gasteiger partial charge in [0, 0.05) is 16.9 Å². The molecule has 7 heteroatoms. The van der Waals surface area contributed by atoms with Crippen molar-refractivity contribution in [3.8, 4) is 5.75 Å². The Labute approximate surface area is 180 Å². The van der Waals surface area contributed by atoms with E-state index < -0.39 is 0 Å². The molecule has 0 bridgehead atoms. The highest BCUT2D eigenvalue weighted by Crippen LogP contribution is 2.15. The van der Waals surface area contributed by atoms with E-state index in [1.54, 1.807) is 48.5 Å². The molecule has 0 aliphatic heterocycles. The summed E-state index contributed by atoms with van der Waals surface area (Å²) >= 11 is 5.21. The zero-order chi connectivity index (χ0) is 21.3. The smallest absolute Gasteiger partial charge is 0.257 e. The van der Waals surface area contributed by atoms with E-state index in [2.05, 4.69) is 16.0 Å². The first kappa shape index (κ1) is 21.0. The Morgan fingerprint density at radius 3 is 2.20 bits per heavy atom. The molecule has 6 nitrogen and oxygen atoms in total. The Balaban J connectivity index is 1.51. The van der Waals surface area contributed by atoms with E-state index in [4.69, 9.17) is 17.0 Å². The van der Waals surface area contributed by atoms with Crippen molar-refractivity contribution in [2.45, 2.75) is 6.42 Å². The van der Waals surface area contributed by atoms with Crippen LogP contribution in [0.5, 0.6) is 5.75 Å². The van der Waals surface area contributed by atoms with Gasteiger partial charge in [-0.1, -0.05) is 36.4 Å². The molecule has 0 aliphatic carbocycles. The summed E-state index contributed by atoms with van der Waals surface area (Å²) in [7, 11) is 1.54. The summed E-state index contributed by atoms with van der Waals surface area (Å²) in [5, 5.41) is 8.60. The summed E-state index contributed by atoms with van der Waals surface area (Å²) < 4.78 is 5.12. The van der Waals surface area contributed by atoms with Crippen LogP contribution in [0.15, 0.2) is 78.9 Å². The molecule has 3 aromatic carbocycles. The molecule has 30 heavy (non-hydrogen) atoms. The van der Waals surface area contributed by atoms with Crippen molar-refractivity contribution < 1.29 is 14.3 Å². The lowest BCUT2D eigenvalue weighted by atomic mass is 10.1. The SMILES string of the molecule is COc1cccc(C(=O)NC(=S)Nc2ccc(NC(=O)Cc3ccccc3)cc2)c1. The highest BCUT2D eigenvalue weighted by atomic mass is 32.1. The van der Waals surface area contributed by atoms with Gasteiger partial charge in [-0.05, 0) is 60.2 Å². The van der Waals surface area contributed by atoms with Gasteiger partial charge in [-0.25, -0.2) is 0 Å². The largest absolute Gasteiger partial charge is 0.497 e. The lowest BCUT2D eigenvalue weighted by Crippen LogP contribution is -2.34. The third-order valence-electron chi connectivity index (χ3n) is 4.19. The third-order valence-corrected chi connectivity index (χ3v) is 4.40. The van der Waals surface area contributed by atoms with Gasteiger partial charge in [0.15, 0.2) is 5.11 Å². The fraction of sp³-hybridized carbons (Fsp3) is 0.0870. The minimum atomic E-state index is -0.337. The van der Waals surface area contributed by atoms with Crippen LogP contribution in [-0.4, -0.2) is 24.0 Å². The predicted molar refractivity (Wildman–Crippen MR) is 122 cm³/mol. The first-order chi connectivity index (χ1) is 14.5. The van der Waals surface area contributed by atoms with Gasteiger partial charge in [0.05, 0.1) is 13.5 Å². The minimum absolute atomic E-state index is 0.0945. The summed E-state index contributed by atoms with van der Waals surface area (Å²) in [5.41, 5.74) is 2.75. The second kappa shape index (κ2) is 10.2. The molecule has 0 saturated heterocycles. The topological polar surface area (TPSA) is 79.5 Å². The van der Waals surface area contributed by atoms with Crippen molar-refractivity contribution in [3.63, 3.8) is 0 Å². The number of ether oxygens (including phenoxy) is 1. The molecule has 0 atom stereocenters. The number of benzene rings is 3. The van der Waals surface area contributed by atoms with Crippen LogP contribution in [0.3, 0.4) is 0 Å². The maximum atomic E-state index is 12.3. The van der Waals surface area contributed by atoms with Gasteiger partial charge in [0.2, 0.25) is 5.91 Å². The molecule has 3 aromatic rings. The van der Waals surface area contributed by atoms with E-state index in [0.29, 0.717) is 29.1 Å². The van der Waals surface area contributed by atoms with Crippen LogP contribution >= 0.6 is 12.2 Å². The second-order valence-electron chi connectivity index (χ2n) is 6.43. The van der Waals surface area contributed by atoms with Crippen molar-refractivity contribution in [2.75, 3.05) is 17.7 Å². The molecule has 0 heterocycles. The zero-order valence-corrected chi connectivity index (χ0v) is 17.2. The molecular weight excluding hydrogens is 398 g/mol. The molecule has 3 N–H and O–H groups in total. The van der Waals surface area contributed by atoms with Crippen LogP contribution in [0, 0.1) is 0 Å². The highest BCUT2D eigenvalue weighted by Gasteiger charge is 2.09. The lowest BCUT2D eigenvalue weighted by molar-refractivity contribution is -0.115. The number of hydrogen-bond donors (Lipinski definition) is 3. The maximum absolute atomic E-state index is 12.3. The van der Waals surface area contributed by atoms with Crippen molar-refractivity contribution in [1.82, 2.24) is 5.32 Å². The molecule has 2 amide bonds. The number of nitrogens with one attached hydrogen (secondary N) is 3. The van der Waals surface area contributed by atoms with E-state index in [0.717, 1.165) is 5.56 Å². The predicted octanol–water partition coefficient (Wildman–Crippen LogP) is 4.00. The summed E-state index contributed by atoms with van der Waals surface area (Å²) in [6.07, 6.45) is 0.307. The Morgan fingerprint density at radius 1 is 0.867 bits per heavy atom. The van der Waals surface area contributed by atoms with Crippen molar-refractivity contribution in [1.29, 1.82) is 0 Å². The third kappa shape index (κ3) is 6.15. The summed E-state index contributed by atoms with van der Waals surface area (Å²) in [5.74, 6) is 0.158. The molecule has 0 fully saturated rings. The van der Waals surface area contributed by atoms with Gasteiger partial charge in [-0.15, -0.1) is 0 Å². The number of amides is 2. The van der Waals surface area contributed by atoms with Crippen LogP contribution < -0.4 is 20.7 Å². The van der Waals surface area contributed by atoms with Gasteiger partial charge in [0.1, 0.15) is 5.75 Å². The number of carbonyl (C=O) groups is 2. The fourth-order valence-corrected chi connectivity index (χ4v) is 2.94. The highest BCUT2D eigenvalue weighted by molar-refractivity contribution is 7.80. The molecule has 0 aliphatic rings. The van der Waals surface area contributed by atoms with E-state index in [1.165, 1.54) is 7.11 Å². The first-order valence-corrected chi connectivity index (χ1v) is 9.64. The maximum Gasteiger partial charge on any atom is 0.257 e. The van der Waals surface area contributed by atoms with E-state index >= 15 is 0 Å². The first-order valence-electron chi connectivity index (χ1n) is 9.24. The number of methoxy groups -OCH3 is 1. The van der Waals surface area contributed by atoms with Crippen LogP contribution in [-0.2, 0) is 11.2 Å². The van der Waals surface area contributed by atoms with Crippen LogP contribution in [0.2, 0.25) is 0 Å². The molecule has 0 aromatic heterocycles. The van der Waals surface area contributed by atoms with Gasteiger partial charge in [-0.2, -0.15) is 0 Å². The Kier molecular flexibility index (Phi) is 7.13. The average molecular weight is 420 g/mol.